The highest BCUT2D eigenvalue weighted by molar-refractivity contribution is 8.17. The summed E-state index contributed by atoms with van der Waals surface area (Å²) in [4.78, 5) is 0. The average Bonchev–Trinajstić information content (AvgIpc) is 2.81. The molecular weight excluding hydrogens is 236 g/mol. The molecule has 2 heterocycles. The van der Waals surface area contributed by atoms with Crippen LogP contribution in [0.3, 0.4) is 0 Å². The van der Waals surface area contributed by atoms with Crippen LogP contribution in [0.1, 0.15) is 11.7 Å². The van der Waals surface area contributed by atoms with Crippen LogP contribution < -0.4 is 5.73 Å². The third-order valence-electron chi connectivity index (χ3n) is 2.52. The molecule has 0 spiro atoms. The minimum atomic E-state index is -0.715. The quantitative estimate of drug-likeness (QED) is 0.784. The normalized spacial score (nSPS) is 24.2. The number of nitrogens with zero attached hydrogens (tertiary/aromatic N) is 2. The molecule has 0 radical (unpaired) electrons. The van der Waals surface area contributed by atoms with E-state index in [2.05, 4.69) is 0 Å². The van der Waals surface area contributed by atoms with Gasteiger partial charge in [-0.1, -0.05) is 11.8 Å². The molecule has 2 atom stereocenters. The van der Waals surface area contributed by atoms with Gasteiger partial charge in [-0.2, -0.15) is 10.5 Å². The zero-order valence-corrected chi connectivity index (χ0v) is 9.49. The van der Waals surface area contributed by atoms with Crippen molar-refractivity contribution in [3.8, 4) is 12.1 Å². The lowest BCUT2D eigenvalue weighted by Gasteiger charge is -2.25. The minimum absolute atomic E-state index is 0.144. The maximum atomic E-state index is 9.11. The Morgan fingerprint density at radius 2 is 2.24 bits per heavy atom. The van der Waals surface area contributed by atoms with Crippen LogP contribution in [0.15, 0.2) is 33.4 Å². The molecule has 5 nitrogen and oxygen atoms in total. The van der Waals surface area contributed by atoms with Crippen LogP contribution in [-0.4, -0.2) is 5.04 Å². The molecule has 0 saturated heterocycles. The van der Waals surface area contributed by atoms with E-state index in [0.717, 1.165) is 11.8 Å². The molecule has 0 aromatic carbocycles. The molecule has 3 N–H and O–H groups in total. The van der Waals surface area contributed by atoms with Gasteiger partial charge in [0.25, 0.3) is 0 Å². The maximum Gasteiger partial charge on any atom is 0.113 e. The first-order valence-corrected chi connectivity index (χ1v) is 5.59. The predicted molar refractivity (Wildman–Crippen MR) is 62.7 cm³/mol. The number of nitriles is 2. The maximum absolute atomic E-state index is 9.11. The van der Waals surface area contributed by atoms with Crippen molar-refractivity contribution < 1.29 is 4.42 Å². The van der Waals surface area contributed by atoms with E-state index in [1.165, 1.54) is 6.26 Å². The molecule has 1 aromatic rings. The predicted octanol–water partition coefficient (Wildman–Crippen LogP) is 1.92. The molecule has 17 heavy (non-hydrogen) atoms. The lowest BCUT2D eigenvalue weighted by atomic mass is 9.85. The van der Waals surface area contributed by atoms with Gasteiger partial charge in [-0.15, -0.1) is 0 Å². The van der Waals surface area contributed by atoms with Crippen LogP contribution >= 0.6 is 11.8 Å². The zero-order chi connectivity index (χ0) is 12.4. The number of nitrogens with two attached hydrogens (primary N) is 1. The molecule has 84 valence electrons. The lowest BCUT2D eigenvalue weighted by molar-refractivity contribution is 0.471. The molecular formula is C11H8N4OS. The highest BCUT2D eigenvalue weighted by atomic mass is 32.2. The first-order chi connectivity index (χ1) is 8.19. The minimum Gasteiger partial charge on any atom is -0.469 e. The molecule has 6 heteroatoms. The molecule has 2 rings (SSSR count). The Hall–Kier alpha value is -2.18. The van der Waals surface area contributed by atoms with Crippen molar-refractivity contribution in [2.75, 3.05) is 0 Å². The van der Waals surface area contributed by atoms with E-state index in [9.17, 15) is 0 Å². The molecule has 0 fully saturated rings. The monoisotopic (exact) mass is 244 g/mol. The third-order valence-corrected chi connectivity index (χ3v) is 3.44. The van der Waals surface area contributed by atoms with Crippen LogP contribution in [0, 0.1) is 34.0 Å². The van der Waals surface area contributed by atoms with Gasteiger partial charge in [-0.25, -0.2) is 0 Å². The Morgan fingerprint density at radius 1 is 1.47 bits per heavy atom. The van der Waals surface area contributed by atoms with E-state index < -0.39 is 11.8 Å². The van der Waals surface area contributed by atoms with E-state index >= 15 is 0 Å². The van der Waals surface area contributed by atoms with Gasteiger partial charge < -0.3 is 10.2 Å². The van der Waals surface area contributed by atoms with Crippen molar-refractivity contribution in [2.24, 2.45) is 11.7 Å². The number of nitrogens with one attached hydrogen (secondary N) is 1. The average molecular weight is 244 g/mol. The summed E-state index contributed by atoms with van der Waals surface area (Å²) in [7, 11) is 0. The Balaban J connectivity index is 2.57. The van der Waals surface area contributed by atoms with E-state index in [4.69, 9.17) is 26.1 Å². The molecule has 0 unspecified atom stereocenters. The van der Waals surface area contributed by atoms with Gasteiger partial charge in [0, 0.05) is 0 Å². The van der Waals surface area contributed by atoms with Gasteiger partial charge in [-0.05, 0) is 12.1 Å². The van der Waals surface area contributed by atoms with Crippen molar-refractivity contribution in [1.29, 1.82) is 15.9 Å². The van der Waals surface area contributed by atoms with Crippen molar-refractivity contribution in [3.63, 3.8) is 0 Å². The first kappa shape index (κ1) is 11.3. The fourth-order valence-electron chi connectivity index (χ4n) is 1.74. The van der Waals surface area contributed by atoms with Crippen molar-refractivity contribution in [2.45, 2.75) is 5.92 Å². The highest BCUT2D eigenvalue weighted by Gasteiger charge is 2.38. The van der Waals surface area contributed by atoms with E-state index in [1.54, 1.807) is 12.1 Å². The van der Waals surface area contributed by atoms with Crippen LogP contribution in [0.4, 0.5) is 0 Å². The van der Waals surface area contributed by atoms with Gasteiger partial charge >= 0.3 is 0 Å². The van der Waals surface area contributed by atoms with Gasteiger partial charge in [0.2, 0.25) is 0 Å². The van der Waals surface area contributed by atoms with Crippen molar-refractivity contribution in [3.05, 3.63) is 34.8 Å². The Bertz CT molecular complexity index is 561. The summed E-state index contributed by atoms with van der Waals surface area (Å²) in [6, 6.07) is 7.40. The summed E-state index contributed by atoms with van der Waals surface area (Å²) in [5, 5.41) is 26.4. The number of allylic oxidation sites excluding steroid dienone is 1. The van der Waals surface area contributed by atoms with Crippen molar-refractivity contribution >= 4 is 16.8 Å². The highest BCUT2D eigenvalue weighted by Crippen LogP contribution is 2.42. The third kappa shape index (κ3) is 1.79. The standard InChI is InChI=1S/C11H8N4OS/c12-4-6-9(8-2-1-3-16-8)7(5-13)11(15)17-10(6)14/h1-3,6,9,14H,15H2/t6-,9-/m0/s1. The summed E-state index contributed by atoms with van der Waals surface area (Å²) in [5.41, 5.74) is 6.02. The Morgan fingerprint density at radius 3 is 2.76 bits per heavy atom. The molecule has 0 aliphatic carbocycles. The summed E-state index contributed by atoms with van der Waals surface area (Å²) in [6.45, 7) is 0. The second kappa shape index (κ2) is 4.36. The number of hydrogen-bond donors (Lipinski definition) is 2. The molecule has 1 aliphatic heterocycles. The summed E-state index contributed by atoms with van der Waals surface area (Å²) in [6.07, 6.45) is 1.47. The second-order valence-corrected chi connectivity index (χ2v) is 4.54. The number of thioether (sulfide) groups is 1. The van der Waals surface area contributed by atoms with Gasteiger partial charge in [-0.3, -0.25) is 5.41 Å². The SMILES string of the molecule is N#CC1=C(N)SC(=N)[C@@H](C#N)[C@@H]1c1ccco1. The Kier molecular flexibility index (Phi) is 2.90. The molecule has 1 aromatic heterocycles. The summed E-state index contributed by atoms with van der Waals surface area (Å²) < 4.78 is 5.24. The first-order valence-electron chi connectivity index (χ1n) is 4.78. The molecule has 0 bridgehead atoms. The number of hydrogen-bond acceptors (Lipinski definition) is 6. The molecule has 0 saturated carbocycles. The van der Waals surface area contributed by atoms with Gasteiger partial charge in [0.1, 0.15) is 11.7 Å². The lowest BCUT2D eigenvalue weighted by Crippen LogP contribution is -2.26. The number of rotatable bonds is 1. The van der Waals surface area contributed by atoms with Crippen molar-refractivity contribution in [1.82, 2.24) is 0 Å². The molecule has 1 aliphatic rings. The Labute approximate surface area is 102 Å². The van der Waals surface area contributed by atoms with E-state index in [1.807, 2.05) is 12.1 Å². The number of furan rings is 1. The summed E-state index contributed by atoms with van der Waals surface area (Å²) in [5.74, 6) is -0.803. The molecule has 0 amide bonds. The zero-order valence-electron chi connectivity index (χ0n) is 8.68. The van der Waals surface area contributed by atoms with Gasteiger partial charge in [0.15, 0.2) is 0 Å². The fraction of sp³-hybridized carbons (Fsp3) is 0.182. The fourth-order valence-corrected chi connectivity index (χ4v) is 2.58. The topological polar surface area (TPSA) is 111 Å². The van der Waals surface area contributed by atoms with E-state index in [-0.39, 0.29) is 10.1 Å². The smallest absolute Gasteiger partial charge is 0.113 e. The van der Waals surface area contributed by atoms with Crippen LogP contribution in [0.5, 0.6) is 0 Å². The largest absolute Gasteiger partial charge is 0.469 e. The second-order valence-electron chi connectivity index (χ2n) is 3.46. The van der Waals surface area contributed by atoms with Gasteiger partial charge in [0.05, 0.1) is 40.0 Å². The van der Waals surface area contributed by atoms with Crippen LogP contribution in [0.2, 0.25) is 0 Å². The summed E-state index contributed by atoms with van der Waals surface area (Å²) >= 11 is 0.962. The van der Waals surface area contributed by atoms with Crippen LogP contribution in [0.25, 0.3) is 0 Å². The van der Waals surface area contributed by atoms with Crippen LogP contribution in [-0.2, 0) is 0 Å². The van der Waals surface area contributed by atoms with E-state index in [0.29, 0.717) is 11.3 Å².